The minimum absolute atomic E-state index is 0.0355. The zero-order valence-corrected chi connectivity index (χ0v) is 16.7. The van der Waals surface area contributed by atoms with Crippen LogP contribution >= 0.6 is 0 Å². The molecule has 156 valence electrons. The largest absolute Gasteiger partial charge is 0.479 e. The van der Waals surface area contributed by atoms with Gasteiger partial charge in [0.1, 0.15) is 12.3 Å². The van der Waals surface area contributed by atoms with Gasteiger partial charge in [0.2, 0.25) is 5.91 Å². The summed E-state index contributed by atoms with van der Waals surface area (Å²) in [4.78, 5) is 49.9. The number of carbonyl (C=O) groups is 4. The van der Waals surface area contributed by atoms with E-state index >= 15 is 0 Å². The number of anilines is 2. The number of fused-ring (bicyclic) bond motifs is 1. The molecule has 2 N–H and O–H groups in total. The number of carboxylic acid groups (broad SMARTS) is 1. The van der Waals surface area contributed by atoms with Crippen molar-refractivity contribution < 1.29 is 29.0 Å². The second-order valence-electron chi connectivity index (χ2n) is 6.97. The average Bonchev–Trinajstić information content (AvgIpc) is 2.71. The predicted molar refractivity (Wildman–Crippen MR) is 110 cm³/mol. The molecule has 1 heterocycles. The lowest BCUT2D eigenvalue weighted by Gasteiger charge is -2.32. The van der Waals surface area contributed by atoms with E-state index in [-0.39, 0.29) is 17.9 Å². The number of carboxylic acids is 1. The van der Waals surface area contributed by atoms with E-state index in [1.807, 2.05) is 6.92 Å². The van der Waals surface area contributed by atoms with Crippen LogP contribution in [0.4, 0.5) is 11.4 Å². The molecule has 1 aliphatic heterocycles. The number of hydrogen-bond acceptors (Lipinski definition) is 5. The van der Waals surface area contributed by atoms with E-state index in [0.29, 0.717) is 35.5 Å². The van der Waals surface area contributed by atoms with Crippen LogP contribution in [0.3, 0.4) is 0 Å². The van der Waals surface area contributed by atoms with Gasteiger partial charge in [0, 0.05) is 17.7 Å². The molecule has 2 aromatic rings. The SMILES string of the molecule is CCCC(=O)c1ccc2c(c1)N(CC(=O)Nc1cccc(C(=O)O)c1)C(=O)C(C)O2. The highest BCUT2D eigenvalue weighted by molar-refractivity contribution is 6.07. The number of Topliss-reactive ketones (excluding diaryl/α,β-unsaturated/α-hetero) is 1. The number of aromatic carboxylic acids is 1. The molecule has 0 fully saturated rings. The number of ketones is 1. The zero-order chi connectivity index (χ0) is 21.8. The fraction of sp³-hybridized carbons (Fsp3) is 0.273. The van der Waals surface area contributed by atoms with Crippen molar-refractivity contribution in [1.82, 2.24) is 0 Å². The molecule has 2 aromatic carbocycles. The Bertz CT molecular complexity index is 1020. The Kier molecular flexibility index (Phi) is 6.15. The highest BCUT2D eigenvalue weighted by Gasteiger charge is 2.33. The summed E-state index contributed by atoms with van der Waals surface area (Å²) in [7, 11) is 0. The first kappa shape index (κ1) is 21.0. The zero-order valence-electron chi connectivity index (χ0n) is 16.7. The summed E-state index contributed by atoms with van der Waals surface area (Å²) in [5.74, 6) is -1.66. The Morgan fingerprint density at radius 2 is 1.90 bits per heavy atom. The van der Waals surface area contributed by atoms with Crippen LogP contribution < -0.4 is 15.0 Å². The van der Waals surface area contributed by atoms with Crippen LogP contribution in [0.15, 0.2) is 42.5 Å². The molecule has 2 amide bonds. The van der Waals surface area contributed by atoms with E-state index < -0.39 is 23.9 Å². The summed E-state index contributed by atoms with van der Waals surface area (Å²) >= 11 is 0. The molecular weight excluding hydrogens is 388 g/mol. The van der Waals surface area contributed by atoms with Gasteiger partial charge in [-0.15, -0.1) is 0 Å². The van der Waals surface area contributed by atoms with Gasteiger partial charge in [0.05, 0.1) is 11.3 Å². The van der Waals surface area contributed by atoms with E-state index in [1.54, 1.807) is 31.2 Å². The molecule has 0 aromatic heterocycles. The Labute approximate surface area is 173 Å². The van der Waals surface area contributed by atoms with E-state index in [2.05, 4.69) is 5.32 Å². The van der Waals surface area contributed by atoms with Crippen molar-refractivity contribution in [3.05, 3.63) is 53.6 Å². The smallest absolute Gasteiger partial charge is 0.335 e. The van der Waals surface area contributed by atoms with Gasteiger partial charge in [-0.3, -0.25) is 19.3 Å². The quantitative estimate of drug-likeness (QED) is 0.678. The number of amides is 2. The van der Waals surface area contributed by atoms with Crippen molar-refractivity contribution in [2.75, 3.05) is 16.8 Å². The second-order valence-corrected chi connectivity index (χ2v) is 6.97. The monoisotopic (exact) mass is 410 g/mol. The normalized spacial score (nSPS) is 15.2. The highest BCUT2D eigenvalue weighted by atomic mass is 16.5. The number of nitrogens with zero attached hydrogens (tertiary/aromatic N) is 1. The fourth-order valence-electron chi connectivity index (χ4n) is 3.19. The van der Waals surface area contributed by atoms with Crippen molar-refractivity contribution in [1.29, 1.82) is 0 Å². The Hall–Kier alpha value is -3.68. The number of nitrogens with one attached hydrogen (secondary N) is 1. The van der Waals surface area contributed by atoms with Crippen molar-refractivity contribution in [3.8, 4) is 5.75 Å². The topological polar surface area (TPSA) is 113 Å². The molecule has 8 nitrogen and oxygen atoms in total. The maximum absolute atomic E-state index is 12.7. The molecular formula is C22H22N2O6. The molecule has 0 aliphatic carbocycles. The predicted octanol–water partition coefficient (Wildman–Crippen LogP) is 3.12. The first-order chi connectivity index (χ1) is 14.3. The molecule has 1 atom stereocenters. The molecule has 0 bridgehead atoms. The van der Waals surface area contributed by atoms with Crippen molar-refractivity contribution in [2.24, 2.45) is 0 Å². The Morgan fingerprint density at radius 3 is 2.60 bits per heavy atom. The van der Waals surface area contributed by atoms with Gasteiger partial charge in [-0.1, -0.05) is 13.0 Å². The maximum Gasteiger partial charge on any atom is 0.335 e. The lowest BCUT2D eigenvalue weighted by Crippen LogP contribution is -2.47. The van der Waals surface area contributed by atoms with E-state index in [1.165, 1.54) is 23.1 Å². The van der Waals surface area contributed by atoms with E-state index in [0.717, 1.165) is 0 Å². The molecule has 3 rings (SSSR count). The third-order valence-electron chi connectivity index (χ3n) is 4.66. The average molecular weight is 410 g/mol. The van der Waals surface area contributed by atoms with E-state index in [4.69, 9.17) is 9.84 Å². The Balaban J connectivity index is 1.84. The number of ether oxygens (including phenoxy) is 1. The summed E-state index contributed by atoms with van der Waals surface area (Å²) in [5, 5.41) is 11.7. The van der Waals surface area contributed by atoms with Crippen LogP contribution in [-0.2, 0) is 9.59 Å². The summed E-state index contributed by atoms with van der Waals surface area (Å²) in [6.45, 7) is 3.19. The number of hydrogen-bond donors (Lipinski definition) is 2. The van der Waals surface area contributed by atoms with Crippen LogP contribution in [-0.4, -0.2) is 41.3 Å². The molecule has 30 heavy (non-hydrogen) atoms. The standard InChI is InChI=1S/C22H22N2O6/c1-3-5-18(25)14-8-9-19-17(11-14)24(21(27)13(2)30-19)12-20(26)23-16-7-4-6-15(10-16)22(28)29/h4,6-11,13H,3,5,12H2,1-2H3,(H,23,26)(H,28,29). The van der Waals surface area contributed by atoms with Gasteiger partial charge in [-0.05, 0) is 49.7 Å². The first-order valence-corrected chi connectivity index (χ1v) is 9.58. The van der Waals surface area contributed by atoms with Gasteiger partial charge in [-0.25, -0.2) is 4.79 Å². The van der Waals surface area contributed by atoms with Crippen LogP contribution in [0.1, 0.15) is 47.4 Å². The molecule has 1 unspecified atom stereocenters. The summed E-state index contributed by atoms with van der Waals surface area (Å²) in [6, 6.07) is 10.7. The van der Waals surface area contributed by atoms with Gasteiger partial charge < -0.3 is 15.2 Å². The Morgan fingerprint density at radius 1 is 1.13 bits per heavy atom. The van der Waals surface area contributed by atoms with Crippen LogP contribution in [0.2, 0.25) is 0 Å². The van der Waals surface area contributed by atoms with Crippen LogP contribution in [0.5, 0.6) is 5.75 Å². The minimum Gasteiger partial charge on any atom is -0.479 e. The molecule has 0 saturated heterocycles. The highest BCUT2D eigenvalue weighted by Crippen LogP contribution is 2.35. The second kappa shape index (κ2) is 8.77. The van der Waals surface area contributed by atoms with Gasteiger partial charge in [0.15, 0.2) is 11.9 Å². The third-order valence-corrected chi connectivity index (χ3v) is 4.66. The fourth-order valence-corrected chi connectivity index (χ4v) is 3.19. The van der Waals surface area contributed by atoms with Crippen molar-refractivity contribution in [2.45, 2.75) is 32.8 Å². The molecule has 1 aliphatic rings. The third kappa shape index (κ3) is 4.48. The summed E-state index contributed by atoms with van der Waals surface area (Å²) in [5.41, 5.74) is 1.14. The maximum atomic E-state index is 12.7. The molecule has 0 spiro atoms. The molecule has 0 saturated carbocycles. The first-order valence-electron chi connectivity index (χ1n) is 9.58. The lowest BCUT2D eigenvalue weighted by molar-refractivity contribution is -0.127. The lowest BCUT2D eigenvalue weighted by atomic mass is 10.0. The number of carbonyl (C=O) groups excluding carboxylic acids is 3. The van der Waals surface area contributed by atoms with Crippen LogP contribution in [0, 0.1) is 0 Å². The summed E-state index contributed by atoms with van der Waals surface area (Å²) in [6.07, 6.45) is 0.298. The van der Waals surface area contributed by atoms with Crippen LogP contribution in [0.25, 0.3) is 0 Å². The van der Waals surface area contributed by atoms with Gasteiger partial charge in [-0.2, -0.15) is 0 Å². The van der Waals surface area contributed by atoms with Crippen molar-refractivity contribution in [3.63, 3.8) is 0 Å². The number of benzene rings is 2. The van der Waals surface area contributed by atoms with Gasteiger partial charge >= 0.3 is 5.97 Å². The summed E-state index contributed by atoms with van der Waals surface area (Å²) < 4.78 is 5.61. The molecule has 8 heteroatoms. The molecule has 0 radical (unpaired) electrons. The van der Waals surface area contributed by atoms with Gasteiger partial charge in [0.25, 0.3) is 5.91 Å². The number of rotatable bonds is 7. The van der Waals surface area contributed by atoms with Crippen molar-refractivity contribution >= 4 is 34.9 Å². The van der Waals surface area contributed by atoms with E-state index in [9.17, 15) is 19.2 Å². The minimum atomic E-state index is -1.11.